The van der Waals surface area contributed by atoms with Crippen LogP contribution in [0.4, 0.5) is 4.39 Å². The van der Waals surface area contributed by atoms with Gasteiger partial charge in [-0.25, -0.2) is 12.8 Å². The van der Waals surface area contributed by atoms with E-state index in [0.29, 0.717) is 38.9 Å². The Balaban J connectivity index is 1.61. The van der Waals surface area contributed by atoms with Crippen molar-refractivity contribution >= 4 is 10.0 Å². The van der Waals surface area contributed by atoms with Crippen molar-refractivity contribution in [2.24, 2.45) is 0 Å². The van der Waals surface area contributed by atoms with Crippen molar-refractivity contribution in [3.63, 3.8) is 0 Å². The van der Waals surface area contributed by atoms with Crippen molar-refractivity contribution in [2.75, 3.05) is 26.7 Å². The summed E-state index contributed by atoms with van der Waals surface area (Å²) in [5, 5.41) is 17.3. The monoisotopic (exact) mass is 396 g/mol. The SMILES string of the molecule is CN(Cc1ccc(F)cc1)C[C@@]1(O)CCCN(S(=O)(=O)c2cn[nH]c2)CC1. The molecule has 0 bridgehead atoms. The molecule has 0 amide bonds. The highest BCUT2D eigenvalue weighted by atomic mass is 32.2. The molecule has 1 atom stereocenters. The molecule has 0 saturated carbocycles. The van der Waals surface area contributed by atoms with E-state index in [9.17, 15) is 17.9 Å². The minimum absolute atomic E-state index is 0.140. The summed E-state index contributed by atoms with van der Waals surface area (Å²) < 4.78 is 39.7. The maximum atomic E-state index is 13.0. The van der Waals surface area contributed by atoms with Gasteiger partial charge in [-0.05, 0) is 44.0 Å². The van der Waals surface area contributed by atoms with E-state index >= 15 is 0 Å². The number of aromatic nitrogens is 2. The highest BCUT2D eigenvalue weighted by molar-refractivity contribution is 7.89. The minimum Gasteiger partial charge on any atom is -0.389 e. The van der Waals surface area contributed by atoms with Gasteiger partial charge >= 0.3 is 0 Å². The minimum atomic E-state index is -3.59. The van der Waals surface area contributed by atoms with Gasteiger partial charge < -0.3 is 5.11 Å². The van der Waals surface area contributed by atoms with Gasteiger partial charge in [-0.15, -0.1) is 0 Å². The quantitative estimate of drug-likeness (QED) is 0.774. The van der Waals surface area contributed by atoms with Gasteiger partial charge in [-0.2, -0.15) is 9.40 Å². The Kier molecular flexibility index (Phi) is 5.95. The lowest BCUT2D eigenvalue weighted by Crippen LogP contribution is -2.42. The molecule has 0 aliphatic carbocycles. The lowest BCUT2D eigenvalue weighted by Gasteiger charge is -2.31. The molecule has 9 heteroatoms. The molecule has 1 fully saturated rings. The van der Waals surface area contributed by atoms with E-state index < -0.39 is 15.6 Å². The van der Waals surface area contributed by atoms with Crippen LogP contribution in [-0.2, 0) is 16.6 Å². The van der Waals surface area contributed by atoms with Gasteiger partial charge in [0.25, 0.3) is 0 Å². The Morgan fingerprint density at radius 2 is 2.04 bits per heavy atom. The van der Waals surface area contributed by atoms with Crippen LogP contribution in [0.3, 0.4) is 0 Å². The van der Waals surface area contributed by atoms with Gasteiger partial charge in [-0.3, -0.25) is 10.00 Å². The first kappa shape index (κ1) is 19.9. The summed E-state index contributed by atoms with van der Waals surface area (Å²) >= 11 is 0. The van der Waals surface area contributed by atoms with Gasteiger partial charge in [-0.1, -0.05) is 12.1 Å². The highest BCUT2D eigenvalue weighted by Crippen LogP contribution is 2.27. The number of hydrogen-bond donors (Lipinski definition) is 2. The zero-order valence-electron chi connectivity index (χ0n) is 15.3. The van der Waals surface area contributed by atoms with Crippen LogP contribution in [0.25, 0.3) is 0 Å². The van der Waals surface area contributed by atoms with E-state index in [2.05, 4.69) is 10.2 Å². The third-order valence-corrected chi connectivity index (χ3v) is 6.78. The smallest absolute Gasteiger partial charge is 0.246 e. The maximum Gasteiger partial charge on any atom is 0.246 e. The van der Waals surface area contributed by atoms with Crippen molar-refractivity contribution in [3.8, 4) is 0 Å². The van der Waals surface area contributed by atoms with Gasteiger partial charge in [0.05, 0.1) is 11.8 Å². The molecule has 27 heavy (non-hydrogen) atoms. The molecule has 0 radical (unpaired) electrons. The first-order chi connectivity index (χ1) is 12.8. The zero-order chi connectivity index (χ0) is 19.5. The number of halogens is 1. The molecule has 2 heterocycles. The van der Waals surface area contributed by atoms with Crippen molar-refractivity contribution in [1.29, 1.82) is 0 Å². The van der Waals surface area contributed by atoms with E-state index in [1.807, 2.05) is 11.9 Å². The van der Waals surface area contributed by atoms with Crippen molar-refractivity contribution in [3.05, 3.63) is 48.0 Å². The summed E-state index contributed by atoms with van der Waals surface area (Å²) in [6, 6.07) is 6.29. The Bertz CT molecular complexity index is 842. The van der Waals surface area contributed by atoms with Gasteiger partial charge in [0.2, 0.25) is 10.0 Å². The Hall–Kier alpha value is -1.81. The largest absolute Gasteiger partial charge is 0.389 e. The second-order valence-electron chi connectivity index (χ2n) is 7.21. The molecule has 1 saturated heterocycles. The van der Waals surface area contributed by atoms with E-state index in [1.165, 1.54) is 28.8 Å². The number of nitrogens with zero attached hydrogens (tertiary/aromatic N) is 3. The van der Waals surface area contributed by atoms with Gasteiger partial charge in [0, 0.05) is 32.4 Å². The molecular weight excluding hydrogens is 371 g/mol. The van der Waals surface area contributed by atoms with Crippen molar-refractivity contribution < 1.29 is 17.9 Å². The van der Waals surface area contributed by atoms with Crippen LogP contribution in [0.1, 0.15) is 24.8 Å². The summed E-state index contributed by atoms with van der Waals surface area (Å²) in [4.78, 5) is 2.12. The normalized spacial score (nSPS) is 22.1. The number of sulfonamides is 1. The maximum absolute atomic E-state index is 13.0. The number of nitrogens with one attached hydrogen (secondary N) is 1. The van der Waals surface area contributed by atoms with Gasteiger partial charge in [0.15, 0.2) is 0 Å². The van der Waals surface area contributed by atoms with Crippen LogP contribution in [0.5, 0.6) is 0 Å². The second-order valence-corrected chi connectivity index (χ2v) is 9.15. The van der Waals surface area contributed by atoms with Crippen LogP contribution >= 0.6 is 0 Å². The van der Waals surface area contributed by atoms with Crippen LogP contribution < -0.4 is 0 Å². The predicted molar refractivity (Wildman–Crippen MR) is 98.9 cm³/mol. The van der Waals surface area contributed by atoms with Crippen LogP contribution in [0.15, 0.2) is 41.6 Å². The lowest BCUT2D eigenvalue weighted by atomic mass is 9.94. The standard InChI is InChI=1S/C18H25FN4O3S/c1-22(13-15-3-5-16(19)6-4-15)14-18(24)7-2-9-23(10-8-18)27(25,26)17-11-20-21-12-17/h3-6,11-12,24H,2,7-10,13-14H2,1H3,(H,20,21)/t18-/m1/s1. The molecule has 3 rings (SSSR count). The molecule has 1 aromatic carbocycles. The summed E-state index contributed by atoms with van der Waals surface area (Å²) in [6.45, 7) is 1.63. The number of hydrogen-bond acceptors (Lipinski definition) is 5. The Morgan fingerprint density at radius 1 is 1.30 bits per heavy atom. The summed E-state index contributed by atoms with van der Waals surface area (Å²) in [5.74, 6) is -0.275. The fraction of sp³-hybridized carbons (Fsp3) is 0.500. The molecule has 2 aromatic rings. The van der Waals surface area contributed by atoms with Crippen molar-refractivity contribution in [1.82, 2.24) is 19.4 Å². The summed E-state index contributed by atoms with van der Waals surface area (Å²) in [7, 11) is -1.70. The molecule has 0 spiro atoms. The van der Waals surface area contributed by atoms with E-state index in [-0.39, 0.29) is 17.3 Å². The first-order valence-electron chi connectivity index (χ1n) is 8.93. The zero-order valence-corrected chi connectivity index (χ0v) is 16.1. The van der Waals surface area contributed by atoms with E-state index in [4.69, 9.17) is 0 Å². The topological polar surface area (TPSA) is 89.5 Å². The third kappa shape index (κ3) is 4.92. The third-order valence-electron chi connectivity index (χ3n) is 4.92. The van der Waals surface area contributed by atoms with Gasteiger partial charge in [0.1, 0.15) is 10.7 Å². The van der Waals surface area contributed by atoms with E-state index in [1.54, 1.807) is 12.1 Å². The number of likely N-dealkylation sites (N-methyl/N-ethyl adjacent to an activating group) is 1. The molecule has 1 aliphatic heterocycles. The predicted octanol–water partition coefficient (Wildman–Crippen LogP) is 1.59. The Labute approximate surface area is 158 Å². The second kappa shape index (κ2) is 8.05. The average Bonchev–Trinajstić information content (AvgIpc) is 3.08. The van der Waals surface area contributed by atoms with Crippen molar-refractivity contribution in [2.45, 2.75) is 36.3 Å². The summed E-state index contributed by atoms with van der Waals surface area (Å²) in [5.41, 5.74) is -0.00425. The fourth-order valence-electron chi connectivity index (χ4n) is 3.54. The molecule has 1 aromatic heterocycles. The lowest BCUT2D eigenvalue weighted by molar-refractivity contribution is -0.00314. The molecule has 7 nitrogen and oxygen atoms in total. The van der Waals surface area contributed by atoms with Crippen LogP contribution in [0.2, 0.25) is 0 Å². The number of aromatic amines is 1. The Morgan fingerprint density at radius 3 is 2.70 bits per heavy atom. The number of rotatable bonds is 6. The first-order valence-corrected chi connectivity index (χ1v) is 10.4. The number of benzene rings is 1. The number of H-pyrrole nitrogens is 1. The summed E-state index contributed by atoms with van der Waals surface area (Å²) in [6.07, 6.45) is 4.12. The number of aliphatic hydroxyl groups is 1. The molecule has 0 unspecified atom stereocenters. The van der Waals surface area contributed by atoms with Crippen LogP contribution in [0, 0.1) is 5.82 Å². The van der Waals surface area contributed by atoms with Crippen LogP contribution in [-0.4, -0.2) is 65.2 Å². The highest BCUT2D eigenvalue weighted by Gasteiger charge is 2.35. The molecule has 1 aliphatic rings. The fourth-order valence-corrected chi connectivity index (χ4v) is 4.93. The molecule has 2 N–H and O–H groups in total. The molecular formula is C18H25FN4O3S. The average molecular weight is 396 g/mol. The van der Waals surface area contributed by atoms with E-state index in [0.717, 1.165) is 5.56 Å². The molecule has 148 valence electrons.